The number of nitrogens with one attached hydrogen (secondary N) is 1. The van der Waals surface area contributed by atoms with Crippen molar-refractivity contribution < 1.29 is 18.3 Å². The Hall–Kier alpha value is -2.28. The van der Waals surface area contributed by atoms with Gasteiger partial charge in [0, 0.05) is 32.2 Å². The van der Waals surface area contributed by atoms with E-state index in [9.17, 15) is 13.6 Å². The molecule has 1 atom stereocenters. The lowest BCUT2D eigenvalue weighted by Gasteiger charge is -2.38. The number of halogens is 2. The molecular formula is C17H19F2N3O2. The Morgan fingerprint density at radius 1 is 1.42 bits per heavy atom. The zero-order chi connectivity index (χ0) is 17.2. The Morgan fingerprint density at radius 2 is 2.17 bits per heavy atom. The van der Waals surface area contributed by atoms with E-state index in [0.29, 0.717) is 11.3 Å². The number of hydrogen-bond acceptors (Lipinski definition) is 3. The second-order valence-corrected chi connectivity index (χ2v) is 5.94. The molecule has 1 aromatic heterocycles. The van der Waals surface area contributed by atoms with Gasteiger partial charge in [0.1, 0.15) is 0 Å². The first-order valence-electron chi connectivity index (χ1n) is 7.77. The maximum Gasteiger partial charge on any atom is 0.257 e. The number of hydrogen-bond donors (Lipinski definition) is 1. The summed E-state index contributed by atoms with van der Waals surface area (Å²) in [7, 11) is 1.39. The standard InChI is InChI=1S/C17H19F2N3O2/c1-24-11-13-10-22(8-7-17(13,18)19)16(23)14-9-20-21-15(14)12-5-3-2-4-6-12/h2-6,9,13H,7-8,10-11H2,1H3,(H,20,21). The van der Waals surface area contributed by atoms with Crippen LogP contribution in [0.15, 0.2) is 36.5 Å². The van der Waals surface area contributed by atoms with Gasteiger partial charge in [0.2, 0.25) is 0 Å². The van der Waals surface area contributed by atoms with E-state index in [1.54, 1.807) is 0 Å². The van der Waals surface area contributed by atoms with E-state index < -0.39 is 11.8 Å². The van der Waals surface area contributed by atoms with Crippen LogP contribution < -0.4 is 0 Å². The van der Waals surface area contributed by atoms with Crippen LogP contribution in [0, 0.1) is 5.92 Å². The van der Waals surface area contributed by atoms with Gasteiger partial charge >= 0.3 is 0 Å². The molecule has 3 rings (SSSR count). The van der Waals surface area contributed by atoms with Crippen LogP contribution in [0.25, 0.3) is 11.3 Å². The zero-order valence-electron chi connectivity index (χ0n) is 13.3. The van der Waals surface area contributed by atoms with Crippen molar-refractivity contribution in [3.05, 3.63) is 42.1 Å². The third-order valence-electron chi connectivity index (χ3n) is 4.34. The van der Waals surface area contributed by atoms with Gasteiger partial charge in [0.25, 0.3) is 11.8 Å². The average Bonchev–Trinajstić information content (AvgIpc) is 3.07. The van der Waals surface area contributed by atoms with E-state index in [1.165, 1.54) is 18.2 Å². The molecule has 1 aromatic carbocycles. The molecule has 0 aliphatic carbocycles. The lowest BCUT2D eigenvalue weighted by Crippen LogP contribution is -2.50. The van der Waals surface area contributed by atoms with E-state index in [1.807, 2.05) is 30.3 Å². The first-order chi connectivity index (χ1) is 11.5. The highest BCUT2D eigenvalue weighted by Gasteiger charge is 2.45. The van der Waals surface area contributed by atoms with Crippen LogP contribution in [0.1, 0.15) is 16.8 Å². The van der Waals surface area contributed by atoms with Crippen molar-refractivity contribution in [3.63, 3.8) is 0 Å². The molecular weight excluding hydrogens is 316 g/mol. The number of carbonyl (C=O) groups is 1. The van der Waals surface area contributed by atoms with Crippen LogP contribution in [-0.4, -0.2) is 53.7 Å². The molecule has 1 fully saturated rings. The van der Waals surface area contributed by atoms with Crippen LogP contribution in [0.4, 0.5) is 8.78 Å². The minimum absolute atomic E-state index is 0.0193. The van der Waals surface area contributed by atoms with Gasteiger partial charge in [0.05, 0.1) is 30.0 Å². The van der Waals surface area contributed by atoms with Gasteiger partial charge in [-0.2, -0.15) is 5.10 Å². The summed E-state index contributed by atoms with van der Waals surface area (Å²) in [5.74, 6) is -4.10. The Balaban J connectivity index is 1.82. The number of rotatable bonds is 4. The molecule has 0 saturated carbocycles. The van der Waals surface area contributed by atoms with Crippen molar-refractivity contribution in [1.82, 2.24) is 15.1 Å². The smallest absolute Gasteiger partial charge is 0.257 e. The molecule has 7 heteroatoms. The Morgan fingerprint density at radius 3 is 2.88 bits per heavy atom. The quantitative estimate of drug-likeness (QED) is 0.935. The number of alkyl halides is 2. The predicted molar refractivity (Wildman–Crippen MR) is 84.9 cm³/mol. The molecule has 1 aliphatic heterocycles. The first kappa shape index (κ1) is 16.6. The molecule has 24 heavy (non-hydrogen) atoms. The van der Waals surface area contributed by atoms with Crippen molar-refractivity contribution in [2.45, 2.75) is 12.3 Å². The molecule has 0 radical (unpaired) electrons. The van der Waals surface area contributed by atoms with E-state index in [2.05, 4.69) is 10.2 Å². The number of aromatic nitrogens is 2. The van der Waals surface area contributed by atoms with Crippen LogP contribution in [0.2, 0.25) is 0 Å². The fourth-order valence-electron chi connectivity index (χ4n) is 2.98. The van der Waals surface area contributed by atoms with Crippen LogP contribution in [0.3, 0.4) is 0 Å². The van der Waals surface area contributed by atoms with E-state index in [-0.39, 0.29) is 32.0 Å². The lowest BCUT2D eigenvalue weighted by molar-refractivity contribution is -0.117. The molecule has 1 saturated heterocycles. The van der Waals surface area contributed by atoms with Gasteiger partial charge in [-0.3, -0.25) is 9.89 Å². The molecule has 1 amide bonds. The Labute approximate surface area is 138 Å². The average molecular weight is 335 g/mol. The number of benzene rings is 1. The Bertz CT molecular complexity index is 703. The molecule has 0 bridgehead atoms. The second-order valence-electron chi connectivity index (χ2n) is 5.94. The summed E-state index contributed by atoms with van der Waals surface area (Å²) in [6, 6.07) is 9.33. The summed E-state index contributed by atoms with van der Waals surface area (Å²) in [5, 5.41) is 6.78. The van der Waals surface area contributed by atoms with Gasteiger partial charge in [-0.15, -0.1) is 0 Å². The minimum Gasteiger partial charge on any atom is -0.384 e. The zero-order valence-corrected chi connectivity index (χ0v) is 13.3. The summed E-state index contributed by atoms with van der Waals surface area (Å²) in [4.78, 5) is 14.3. The SMILES string of the molecule is COCC1CN(C(=O)c2cn[nH]c2-c2ccccc2)CCC1(F)F. The number of likely N-dealkylation sites (tertiary alicyclic amines) is 1. The van der Waals surface area contributed by atoms with Crippen LogP contribution >= 0.6 is 0 Å². The summed E-state index contributed by atoms with van der Waals surface area (Å²) >= 11 is 0. The van der Waals surface area contributed by atoms with E-state index >= 15 is 0 Å². The first-order valence-corrected chi connectivity index (χ1v) is 7.77. The molecule has 128 valence electrons. The van der Waals surface area contributed by atoms with Crippen molar-refractivity contribution in [2.24, 2.45) is 5.92 Å². The summed E-state index contributed by atoms with van der Waals surface area (Å²) in [6.45, 7) is -0.0851. The summed E-state index contributed by atoms with van der Waals surface area (Å²) < 4.78 is 32.8. The molecule has 1 aliphatic rings. The molecule has 1 unspecified atom stereocenters. The highest BCUT2D eigenvalue weighted by Crippen LogP contribution is 2.34. The number of nitrogens with zero attached hydrogens (tertiary/aromatic N) is 2. The van der Waals surface area contributed by atoms with Gasteiger partial charge in [-0.1, -0.05) is 30.3 Å². The fourth-order valence-corrected chi connectivity index (χ4v) is 2.98. The van der Waals surface area contributed by atoms with E-state index in [0.717, 1.165) is 5.56 Å². The number of aromatic amines is 1. The minimum atomic E-state index is -2.81. The molecule has 1 N–H and O–H groups in total. The number of H-pyrrole nitrogens is 1. The third kappa shape index (κ3) is 3.17. The van der Waals surface area contributed by atoms with Crippen molar-refractivity contribution in [3.8, 4) is 11.3 Å². The van der Waals surface area contributed by atoms with Gasteiger partial charge in [-0.25, -0.2) is 8.78 Å². The largest absolute Gasteiger partial charge is 0.384 e. The normalized spacial score (nSPS) is 20.1. The van der Waals surface area contributed by atoms with Crippen LogP contribution in [0.5, 0.6) is 0 Å². The number of ether oxygens (including phenoxy) is 1. The number of piperidine rings is 1. The second kappa shape index (κ2) is 6.68. The molecule has 5 nitrogen and oxygen atoms in total. The third-order valence-corrected chi connectivity index (χ3v) is 4.34. The highest BCUT2D eigenvalue weighted by molar-refractivity contribution is 5.99. The predicted octanol–water partition coefficient (Wildman–Crippen LogP) is 2.82. The van der Waals surface area contributed by atoms with Crippen LogP contribution in [-0.2, 0) is 4.74 Å². The Kier molecular flexibility index (Phi) is 4.62. The maximum atomic E-state index is 13.9. The summed E-state index contributed by atoms with van der Waals surface area (Å²) in [5.41, 5.74) is 1.82. The van der Waals surface area contributed by atoms with Gasteiger partial charge in [0.15, 0.2) is 0 Å². The number of methoxy groups -OCH3 is 1. The monoisotopic (exact) mass is 335 g/mol. The van der Waals surface area contributed by atoms with Crippen molar-refractivity contribution in [1.29, 1.82) is 0 Å². The summed E-state index contributed by atoms with van der Waals surface area (Å²) in [6.07, 6.45) is 1.09. The topological polar surface area (TPSA) is 58.2 Å². The highest BCUT2D eigenvalue weighted by atomic mass is 19.3. The lowest BCUT2D eigenvalue weighted by atomic mass is 9.93. The fraction of sp³-hybridized carbons (Fsp3) is 0.412. The number of amides is 1. The van der Waals surface area contributed by atoms with Gasteiger partial charge < -0.3 is 9.64 Å². The molecule has 2 aromatic rings. The van der Waals surface area contributed by atoms with Crippen molar-refractivity contribution >= 4 is 5.91 Å². The molecule has 0 spiro atoms. The van der Waals surface area contributed by atoms with Crippen molar-refractivity contribution in [2.75, 3.05) is 26.8 Å². The van der Waals surface area contributed by atoms with Gasteiger partial charge in [-0.05, 0) is 0 Å². The maximum absolute atomic E-state index is 13.9. The number of carbonyl (C=O) groups excluding carboxylic acids is 1. The van der Waals surface area contributed by atoms with E-state index in [4.69, 9.17) is 4.74 Å². The molecule has 2 heterocycles.